The van der Waals surface area contributed by atoms with E-state index in [1.807, 2.05) is 24.3 Å². The van der Waals surface area contributed by atoms with Crippen LogP contribution in [0.3, 0.4) is 0 Å². The molecule has 2 aromatic rings. The molecule has 1 aromatic heterocycles. The molecule has 0 aliphatic heterocycles. The van der Waals surface area contributed by atoms with Gasteiger partial charge in [0.05, 0.1) is 7.11 Å². The molecule has 0 bridgehead atoms. The highest BCUT2D eigenvalue weighted by molar-refractivity contribution is 5.57. The molecular formula is C16H18F3N3O. The maximum absolute atomic E-state index is 12.8. The Hall–Kier alpha value is -2.31. The van der Waals surface area contributed by atoms with Crippen LogP contribution in [0.15, 0.2) is 30.5 Å². The van der Waals surface area contributed by atoms with Crippen molar-refractivity contribution in [2.75, 3.05) is 19.1 Å². The normalized spacial score (nSPS) is 11.7. The molecule has 23 heavy (non-hydrogen) atoms. The van der Waals surface area contributed by atoms with Crippen molar-refractivity contribution in [3.8, 4) is 5.88 Å². The highest BCUT2D eigenvalue weighted by Crippen LogP contribution is 2.35. The fourth-order valence-electron chi connectivity index (χ4n) is 2.07. The number of methoxy groups -OCH3 is 1. The molecule has 1 heterocycles. The summed E-state index contributed by atoms with van der Waals surface area (Å²) in [6.07, 6.45) is -3.82. The minimum atomic E-state index is -4.55. The summed E-state index contributed by atoms with van der Waals surface area (Å²) < 4.78 is 43.3. The molecule has 0 spiro atoms. The predicted octanol–water partition coefficient (Wildman–Crippen LogP) is 4.40. The van der Waals surface area contributed by atoms with Crippen LogP contribution in [0.25, 0.3) is 0 Å². The summed E-state index contributed by atoms with van der Waals surface area (Å²) in [5, 5.41) is 0. The van der Waals surface area contributed by atoms with Crippen LogP contribution >= 0.6 is 0 Å². The molecule has 1 aromatic carbocycles. The summed E-state index contributed by atoms with van der Waals surface area (Å²) >= 11 is 0. The average molecular weight is 325 g/mol. The molecule has 0 fully saturated rings. The van der Waals surface area contributed by atoms with E-state index in [0.29, 0.717) is 5.92 Å². The number of rotatable bonds is 4. The van der Waals surface area contributed by atoms with Gasteiger partial charge >= 0.3 is 6.18 Å². The number of halogens is 3. The second-order valence-electron chi connectivity index (χ2n) is 5.40. The first-order valence-electron chi connectivity index (χ1n) is 7.06. The topological polar surface area (TPSA) is 38.2 Å². The van der Waals surface area contributed by atoms with E-state index >= 15 is 0 Å². The van der Waals surface area contributed by atoms with Gasteiger partial charge in [-0.2, -0.15) is 18.2 Å². The van der Waals surface area contributed by atoms with Crippen LogP contribution in [-0.2, 0) is 6.18 Å². The zero-order valence-electron chi connectivity index (χ0n) is 13.3. The van der Waals surface area contributed by atoms with Gasteiger partial charge in [0.25, 0.3) is 0 Å². The molecule has 124 valence electrons. The van der Waals surface area contributed by atoms with Crippen molar-refractivity contribution >= 4 is 11.6 Å². The first kappa shape index (κ1) is 17.1. The molecule has 0 aliphatic carbocycles. The molecule has 0 aliphatic rings. The predicted molar refractivity (Wildman–Crippen MR) is 82.2 cm³/mol. The Bertz CT molecular complexity index is 669. The van der Waals surface area contributed by atoms with Crippen molar-refractivity contribution in [1.29, 1.82) is 0 Å². The van der Waals surface area contributed by atoms with Crippen LogP contribution in [-0.4, -0.2) is 24.1 Å². The molecule has 0 unspecified atom stereocenters. The highest BCUT2D eigenvalue weighted by atomic mass is 19.4. The number of anilines is 2. The summed E-state index contributed by atoms with van der Waals surface area (Å²) in [5.41, 5.74) is 0.955. The van der Waals surface area contributed by atoms with Gasteiger partial charge in [0, 0.05) is 18.9 Å². The molecular weight excluding hydrogens is 307 g/mol. The molecule has 0 saturated carbocycles. The lowest BCUT2D eigenvalue weighted by Crippen LogP contribution is -2.16. The quantitative estimate of drug-likeness (QED) is 0.835. The average Bonchev–Trinajstić information content (AvgIpc) is 2.52. The second kappa shape index (κ2) is 6.44. The summed E-state index contributed by atoms with van der Waals surface area (Å²) in [4.78, 5) is 9.27. The minimum absolute atomic E-state index is 0.132. The molecule has 0 amide bonds. The fourth-order valence-corrected chi connectivity index (χ4v) is 2.07. The van der Waals surface area contributed by atoms with E-state index in [4.69, 9.17) is 4.74 Å². The van der Waals surface area contributed by atoms with Crippen LogP contribution in [0.5, 0.6) is 5.88 Å². The summed E-state index contributed by atoms with van der Waals surface area (Å²) in [6.45, 7) is 4.17. The Kier molecular flexibility index (Phi) is 4.77. The largest absolute Gasteiger partial charge is 0.480 e. The summed E-state index contributed by atoms with van der Waals surface area (Å²) in [7, 11) is 2.84. The standard InChI is InChI=1S/C16H18F3N3O/c1-10(2)11-5-7-12(8-6-11)22(3)15-20-9-13(16(17,18)19)14(21-15)23-4/h5-10H,1-4H3. The van der Waals surface area contributed by atoms with E-state index in [1.54, 1.807) is 11.9 Å². The van der Waals surface area contributed by atoms with Gasteiger partial charge in [-0.1, -0.05) is 26.0 Å². The lowest BCUT2D eigenvalue weighted by atomic mass is 10.0. The Morgan fingerprint density at radius 2 is 1.74 bits per heavy atom. The van der Waals surface area contributed by atoms with Crippen LogP contribution in [0.2, 0.25) is 0 Å². The highest BCUT2D eigenvalue weighted by Gasteiger charge is 2.36. The maximum Gasteiger partial charge on any atom is 0.423 e. The van der Waals surface area contributed by atoms with Gasteiger partial charge in [-0.25, -0.2) is 4.98 Å². The number of hydrogen-bond acceptors (Lipinski definition) is 4. The SMILES string of the molecule is COc1nc(N(C)c2ccc(C(C)C)cc2)ncc1C(F)(F)F. The molecule has 0 N–H and O–H groups in total. The van der Waals surface area contributed by atoms with Crippen molar-refractivity contribution in [3.05, 3.63) is 41.6 Å². The van der Waals surface area contributed by atoms with Crippen LogP contribution in [0.4, 0.5) is 24.8 Å². The number of alkyl halides is 3. The van der Waals surface area contributed by atoms with Crippen LogP contribution in [0.1, 0.15) is 30.9 Å². The van der Waals surface area contributed by atoms with E-state index in [2.05, 4.69) is 23.8 Å². The van der Waals surface area contributed by atoms with E-state index in [9.17, 15) is 13.2 Å². The summed E-state index contributed by atoms with van der Waals surface area (Å²) in [5.74, 6) is 0.0390. The van der Waals surface area contributed by atoms with Gasteiger partial charge in [-0.3, -0.25) is 0 Å². The van der Waals surface area contributed by atoms with Crippen molar-refractivity contribution in [2.45, 2.75) is 25.9 Å². The first-order valence-corrected chi connectivity index (χ1v) is 7.06. The lowest BCUT2D eigenvalue weighted by molar-refractivity contribution is -0.139. The van der Waals surface area contributed by atoms with Crippen molar-refractivity contribution < 1.29 is 17.9 Å². The Morgan fingerprint density at radius 3 is 2.22 bits per heavy atom. The van der Waals surface area contributed by atoms with E-state index in [-0.39, 0.29) is 5.95 Å². The Balaban J connectivity index is 2.34. The molecule has 0 saturated heterocycles. The van der Waals surface area contributed by atoms with Gasteiger partial charge in [0.15, 0.2) is 0 Å². The number of nitrogens with zero attached hydrogens (tertiary/aromatic N) is 3. The number of ether oxygens (including phenoxy) is 1. The number of benzene rings is 1. The minimum Gasteiger partial charge on any atom is -0.480 e. The maximum atomic E-state index is 12.8. The van der Waals surface area contributed by atoms with Gasteiger partial charge < -0.3 is 9.64 Å². The fraction of sp³-hybridized carbons (Fsp3) is 0.375. The third-order valence-corrected chi connectivity index (χ3v) is 3.49. The zero-order valence-corrected chi connectivity index (χ0v) is 13.3. The molecule has 2 rings (SSSR count). The smallest absolute Gasteiger partial charge is 0.423 e. The van der Waals surface area contributed by atoms with Gasteiger partial charge in [-0.15, -0.1) is 0 Å². The second-order valence-corrected chi connectivity index (χ2v) is 5.40. The summed E-state index contributed by atoms with van der Waals surface area (Å²) in [6, 6.07) is 7.70. The molecule has 7 heteroatoms. The lowest BCUT2D eigenvalue weighted by Gasteiger charge is -2.19. The van der Waals surface area contributed by atoms with Crippen LogP contribution < -0.4 is 9.64 Å². The molecule has 0 atom stereocenters. The van der Waals surface area contributed by atoms with Crippen molar-refractivity contribution in [2.24, 2.45) is 0 Å². The van der Waals surface area contributed by atoms with E-state index < -0.39 is 17.6 Å². The van der Waals surface area contributed by atoms with E-state index in [1.165, 1.54) is 5.56 Å². The van der Waals surface area contributed by atoms with Gasteiger partial charge in [-0.05, 0) is 23.6 Å². The van der Waals surface area contributed by atoms with Gasteiger partial charge in [0.1, 0.15) is 5.56 Å². The third kappa shape index (κ3) is 3.72. The monoisotopic (exact) mass is 325 g/mol. The Labute approximate surface area is 132 Å². The van der Waals surface area contributed by atoms with Gasteiger partial charge in [0.2, 0.25) is 11.8 Å². The molecule has 0 radical (unpaired) electrons. The van der Waals surface area contributed by atoms with E-state index in [0.717, 1.165) is 19.0 Å². The zero-order chi connectivity index (χ0) is 17.2. The number of hydrogen-bond donors (Lipinski definition) is 0. The van der Waals surface area contributed by atoms with Crippen LogP contribution in [0, 0.1) is 0 Å². The number of aromatic nitrogens is 2. The first-order chi connectivity index (χ1) is 10.7. The third-order valence-electron chi connectivity index (χ3n) is 3.49. The van der Waals surface area contributed by atoms with Crippen molar-refractivity contribution in [1.82, 2.24) is 9.97 Å². The van der Waals surface area contributed by atoms with Crippen molar-refractivity contribution in [3.63, 3.8) is 0 Å². The Morgan fingerprint density at radius 1 is 1.13 bits per heavy atom. The molecule has 4 nitrogen and oxygen atoms in total.